The van der Waals surface area contributed by atoms with Crippen LogP contribution in [0.2, 0.25) is 0 Å². The topological polar surface area (TPSA) is 19.6 Å². The number of nitrogens with zero attached hydrogens (tertiary/aromatic N) is 2. The molecule has 71 heavy (non-hydrogen) atoms. The standard InChI is InChI=1S/C68H66N2O/c1-65(2,3)51-23-29-53(30-24-51)69(61-39-45-19-15-13-17-43(45)37-59(61)67(7,8)9)55-27-21-47-35-57-58-36-48-22-28-56(34-50(48)42-64(58)71-63(57)41-49(47)33-55)70(54-31-25-52(26-32-54)66(4,5)6)62-40-46-20-16-14-18-44(46)38-60(62)68(10,11)12/h13-42H,1-12H3. The summed E-state index contributed by atoms with van der Waals surface area (Å²) in [5.74, 6) is 0. The summed E-state index contributed by atoms with van der Waals surface area (Å²) in [6.07, 6.45) is 0. The molecule has 0 N–H and O–H groups in total. The van der Waals surface area contributed by atoms with Crippen LogP contribution in [0.25, 0.3) is 65.0 Å². The molecule has 0 saturated carbocycles. The number of fused-ring (bicyclic) bond motifs is 7. The molecule has 0 fully saturated rings. The minimum atomic E-state index is -0.105. The highest BCUT2D eigenvalue weighted by molar-refractivity contribution is 6.14. The smallest absolute Gasteiger partial charge is 0.136 e. The summed E-state index contributed by atoms with van der Waals surface area (Å²) >= 11 is 0. The maximum atomic E-state index is 6.89. The molecule has 0 atom stereocenters. The second kappa shape index (κ2) is 16.6. The van der Waals surface area contributed by atoms with Crippen LogP contribution in [0.3, 0.4) is 0 Å². The third kappa shape index (κ3) is 8.50. The van der Waals surface area contributed by atoms with Gasteiger partial charge in [0.25, 0.3) is 0 Å². The molecule has 354 valence electrons. The van der Waals surface area contributed by atoms with Crippen LogP contribution >= 0.6 is 0 Å². The third-order valence-corrected chi connectivity index (χ3v) is 14.7. The van der Waals surface area contributed by atoms with Crippen molar-refractivity contribution in [3.05, 3.63) is 204 Å². The molecular weight excluding hydrogens is 861 g/mol. The quantitative estimate of drug-likeness (QED) is 0.166. The molecule has 0 bridgehead atoms. The first kappa shape index (κ1) is 46.0. The second-order valence-corrected chi connectivity index (χ2v) is 24.1. The highest BCUT2D eigenvalue weighted by Gasteiger charge is 2.28. The zero-order chi connectivity index (χ0) is 49.8. The molecule has 1 aromatic heterocycles. The van der Waals surface area contributed by atoms with E-state index < -0.39 is 0 Å². The Bertz CT molecular complexity index is 3590. The monoisotopic (exact) mass is 927 g/mol. The van der Waals surface area contributed by atoms with E-state index in [2.05, 4.69) is 275 Å². The van der Waals surface area contributed by atoms with E-state index in [0.29, 0.717) is 0 Å². The fourth-order valence-corrected chi connectivity index (χ4v) is 10.6. The highest BCUT2D eigenvalue weighted by Crippen LogP contribution is 2.47. The summed E-state index contributed by atoms with van der Waals surface area (Å²) < 4.78 is 6.89. The molecular formula is C68H66N2O. The molecule has 0 unspecified atom stereocenters. The van der Waals surface area contributed by atoms with E-state index in [1.807, 2.05) is 0 Å². The lowest BCUT2D eigenvalue weighted by atomic mass is 9.83. The summed E-state index contributed by atoms with van der Waals surface area (Å²) in [5, 5.41) is 11.8. The van der Waals surface area contributed by atoms with Gasteiger partial charge in [0, 0.05) is 33.5 Å². The van der Waals surface area contributed by atoms with Crippen LogP contribution in [0.15, 0.2) is 186 Å². The number of benzene rings is 10. The van der Waals surface area contributed by atoms with E-state index >= 15 is 0 Å². The van der Waals surface area contributed by atoms with Crippen molar-refractivity contribution in [2.45, 2.75) is 105 Å². The van der Waals surface area contributed by atoms with Gasteiger partial charge in [0.15, 0.2) is 0 Å². The van der Waals surface area contributed by atoms with Gasteiger partial charge in [-0.2, -0.15) is 0 Å². The predicted molar refractivity (Wildman–Crippen MR) is 308 cm³/mol. The molecule has 0 aliphatic rings. The molecule has 0 amide bonds. The Balaban J connectivity index is 1.05. The van der Waals surface area contributed by atoms with E-state index in [-0.39, 0.29) is 21.7 Å². The summed E-state index contributed by atoms with van der Waals surface area (Å²) in [5.41, 5.74) is 13.7. The van der Waals surface area contributed by atoms with Crippen LogP contribution in [0.4, 0.5) is 34.1 Å². The minimum Gasteiger partial charge on any atom is -0.456 e. The Labute approximate surface area is 420 Å². The number of hydrogen-bond acceptors (Lipinski definition) is 3. The van der Waals surface area contributed by atoms with Crippen LogP contribution < -0.4 is 9.80 Å². The van der Waals surface area contributed by atoms with E-state index in [4.69, 9.17) is 4.42 Å². The van der Waals surface area contributed by atoms with Crippen molar-refractivity contribution < 1.29 is 4.42 Å². The zero-order valence-corrected chi connectivity index (χ0v) is 43.6. The summed E-state index contributed by atoms with van der Waals surface area (Å²) in [4.78, 5) is 4.91. The third-order valence-electron chi connectivity index (χ3n) is 14.7. The van der Waals surface area contributed by atoms with Gasteiger partial charge in [0.05, 0.1) is 11.4 Å². The average molecular weight is 927 g/mol. The second-order valence-electron chi connectivity index (χ2n) is 24.1. The summed E-state index contributed by atoms with van der Waals surface area (Å²) in [6, 6.07) is 68.3. The van der Waals surface area contributed by atoms with Gasteiger partial charge >= 0.3 is 0 Å². The molecule has 1 heterocycles. The predicted octanol–water partition coefficient (Wildman–Crippen LogP) is 20.3. The Morgan fingerprint density at radius 1 is 0.282 bits per heavy atom. The molecule has 0 aliphatic heterocycles. The van der Waals surface area contributed by atoms with Gasteiger partial charge in [-0.25, -0.2) is 0 Å². The number of furan rings is 1. The molecule has 0 radical (unpaired) electrons. The van der Waals surface area contributed by atoms with Crippen LogP contribution in [0.1, 0.15) is 105 Å². The van der Waals surface area contributed by atoms with Gasteiger partial charge in [-0.3, -0.25) is 0 Å². The molecule has 11 rings (SSSR count). The first-order chi connectivity index (χ1) is 33.7. The lowest BCUT2D eigenvalue weighted by Gasteiger charge is -2.33. The van der Waals surface area contributed by atoms with Crippen molar-refractivity contribution in [1.29, 1.82) is 0 Å². The lowest BCUT2D eigenvalue weighted by Crippen LogP contribution is -2.19. The van der Waals surface area contributed by atoms with Crippen molar-refractivity contribution in [3.63, 3.8) is 0 Å². The van der Waals surface area contributed by atoms with Crippen molar-refractivity contribution in [2.24, 2.45) is 0 Å². The van der Waals surface area contributed by atoms with Crippen LogP contribution in [0.5, 0.6) is 0 Å². The van der Waals surface area contributed by atoms with Gasteiger partial charge in [-0.05, 0) is 184 Å². The Hall–Kier alpha value is -7.36. The Morgan fingerprint density at radius 3 is 0.944 bits per heavy atom. The first-order valence-electron chi connectivity index (χ1n) is 25.4. The van der Waals surface area contributed by atoms with Crippen molar-refractivity contribution >= 4 is 99.2 Å². The first-order valence-corrected chi connectivity index (χ1v) is 25.4. The zero-order valence-electron chi connectivity index (χ0n) is 43.6. The summed E-state index contributed by atoms with van der Waals surface area (Å²) in [6.45, 7) is 27.6. The van der Waals surface area contributed by atoms with E-state index in [0.717, 1.165) is 55.5 Å². The highest BCUT2D eigenvalue weighted by atomic mass is 16.3. The van der Waals surface area contributed by atoms with Gasteiger partial charge in [-0.1, -0.05) is 168 Å². The maximum absolute atomic E-state index is 6.89. The molecule has 3 nitrogen and oxygen atoms in total. The van der Waals surface area contributed by atoms with Crippen molar-refractivity contribution in [3.8, 4) is 0 Å². The molecule has 0 saturated heterocycles. The van der Waals surface area contributed by atoms with E-state index in [9.17, 15) is 0 Å². The molecule has 0 aliphatic carbocycles. The van der Waals surface area contributed by atoms with E-state index in [1.165, 1.54) is 65.9 Å². The van der Waals surface area contributed by atoms with Crippen LogP contribution in [0, 0.1) is 0 Å². The number of rotatable bonds is 6. The molecule has 11 aromatic rings. The molecule has 0 spiro atoms. The normalized spacial score (nSPS) is 12.8. The number of anilines is 6. The average Bonchev–Trinajstić information content (AvgIpc) is 3.67. The SMILES string of the molecule is CC(C)(C)c1ccc(N(c2ccc3cc4c(cc3c2)oc2cc3cc(N(c5ccc(C(C)(C)C)cc5)c5cc6ccccc6cc5C(C)(C)C)ccc3cc24)c2cc3ccccc3cc2C(C)(C)C)cc1. The summed E-state index contributed by atoms with van der Waals surface area (Å²) in [7, 11) is 0. The molecule has 10 aromatic carbocycles. The van der Waals surface area contributed by atoms with Gasteiger partial charge in [0.1, 0.15) is 11.2 Å². The van der Waals surface area contributed by atoms with Gasteiger partial charge < -0.3 is 14.2 Å². The minimum absolute atomic E-state index is 0.0469. The fraction of sp³-hybridized carbons (Fsp3) is 0.235. The maximum Gasteiger partial charge on any atom is 0.136 e. The fourth-order valence-electron chi connectivity index (χ4n) is 10.6. The van der Waals surface area contributed by atoms with Gasteiger partial charge in [0.2, 0.25) is 0 Å². The Kier molecular flexibility index (Phi) is 10.8. The lowest BCUT2D eigenvalue weighted by molar-refractivity contribution is 0.589. The number of hydrogen-bond donors (Lipinski definition) is 0. The van der Waals surface area contributed by atoms with Crippen LogP contribution in [-0.4, -0.2) is 0 Å². The Morgan fingerprint density at radius 2 is 0.606 bits per heavy atom. The van der Waals surface area contributed by atoms with Crippen LogP contribution in [-0.2, 0) is 21.7 Å². The largest absolute Gasteiger partial charge is 0.456 e. The van der Waals surface area contributed by atoms with Gasteiger partial charge in [-0.15, -0.1) is 0 Å². The van der Waals surface area contributed by atoms with Crippen molar-refractivity contribution in [1.82, 2.24) is 0 Å². The van der Waals surface area contributed by atoms with E-state index in [1.54, 1.807) is 0 Å². The van der Waals surface area contributed by atoms with Crippen molar-refractivity contribution in [2.75, 3.05) is 9.80 Å². The molecule has 3 heteroatoms.